The molecule has 0 aliphatic carbocycles. The summed E-state index contributed by atoms with van der Waals surface area (Å²) in [5.74, 6) is 0. The third-order valence-corrected chi connectivity index (χ3v) is 3.10. The van der Waals surface area contributed by atoms with Crippen LogP contribution in [0.1, 0.15) is 31.7 Å². The van der Waals surface area contributed by atoms with Crippen LogP contribution in [0.15, 0.2) is 42.0 Å². The molecule has 0 aromatic heterocycles. The van der Waals surface area contributed by atoms with Crippen molar-refractivity contribution in [3.63, 3.8) is 0 Å². The van der Waals surface area contributed by atoms with Crippen LogP contribution in [-0.4, -0.2) is 12.7 Å². The molecule has 1 aliphatic heterocycles. The van der Waals surface area contributed by atoms with Crippen LogP contribution in [0.2, 0.25) is 0 Å². The highest BCUT2D eigenvalue weighted by molar-refractivity contribution is 5.14. The fourth-order valence-electron chi connectivity index (χ4n) is 2.14. The number of hydrogen-bond acceptors (Lipinski definition) is 1. The third-order valence-electron chi connectivity index (χ3n) is 3.10. The standard InChI is InChI=1S/C15H20O/c1-13-10-11-16-15(12-13)9-5-8-14-6-3-2-4-7-14/h2-4,6-7,12,15H,5,8-11H2,1H3. The largest absolute Gasteiger partial charge is 0.374 e. The maximum atomic E-state index is 5.71. The van der Waals surface area contributed by atoms with Crippen molar-refractivity contribution in [3.05, 3.63) is 47.5 Å². The molecule has 0 spiro atoms. The van der Waals surface area contributed by atoms with Gasteiger partial charge in [-0.1, -0.05) is 42.0 Å². The number of aryl methyl sites for hydroxylation is 1. The Balaban J connectivity index is 1.74. The van der Waals surface area contributed by atoms with Crippen LogP contribution in [-0.2, 0) is 11.2 Å². The molecule has 86 valence electrons. The van der Waals surface area contributed by atoms with E-state index in [1.165, 1.54) is 17.6 Å². The lowest BCUT2D eigenvalue weighted by Crippen LogP contribution is -2.16. The second kappa shape index (κ2) is 5.86. The number of hydrogen-bond donors (Lipinski definition) is 0. The van der Waals surface area contributed by atoms with Crippen molar-refractivity contribution in [2.45, 2.75) is 38.7 Å². The number of ether oxygens (including phenoxy) is 1. The first-order valence-corrected chi connectivity index (χ1v) is 6.17. The lowest BCUT2D eigenvalue weighted by molar-refractivity contribution is 0.0700. The molecule has 0 bridgehead atoms. The van der Waals surface area contributed by atoms with Crippen molar-refractivity contribution in [3.8, 4) is 0 Å². The molecule has 1 unspecified atom stereocenters. The molecule has 0 fully saturated rings. The van der Waals surface area contributed by atoms with E-state index in [1.54, 1.807) is 0 Å². The molecule has 0 radical (unpaired) electrons. The summed E-state index contributed by atoms with van der Waals surface area (Å²) in [5.41, 5.74) is 2.91. The molecule has 0 amide bonds. The zero-order valence-corrected chi connectivity index (χ0v) is 9.99. The molecule has 1 atom stereocenters. The Kier molecular flexibility index (Phi) is 4.17. The van der Waals surface area contributed by atoms with Gasteiger partial charge in [0.15, 0.2) is 0 Å². The van der Waals surface area contributed by atoms with E-state index in [0.717, 1.165) is 25.9 Å². The Bertz CT molecular complexity index is 340. The van der Waals surface area contributed by atoms with Gasteiger partial charge in [-0.25, -0.2) is 0 Å². The predicted molar refractivity (Wildman–Crippen MR) is 67.5 cm³/mol. The Morgan fingerprint density at radius 1 is 1.25 bits per heavy atom. The number of benzene rings is 1. The predicted octanol–water partition coefficient (Wildman–Crippen LogP) is 3.74. The fourth-order valence-corrected chi connectivity index (χ4v) is 2.14. The summed E-state index contributed by atoms with van der Waals surface area (Å²) >= 11 is 0. The number of rotatable bonds is 4. The summed E-state index contributed by atoms with van der Waals surface area (Å²) in [6.07, 6.45) is 7.26. The van der Waals surface area contributed by atoms with Gasteiger partial charge in [-0.15, -0.1) is 0 Å². The SMILES string of the molecule is CC1=CC(CCCc2ccccc2)OCC1. The Morgan fingerprint density at radius 2 is 2.06 bits per heavy atom. The summed E-state index contributed by atoms with van der Waals surface area (Å²) < 4.78 is 5.71. The zero-order chi connectivity index (χ0) is 11.2. The summed E-state index contributed by atoms with van der Waals surface area (Å²) in [6.45, 7) is 3.10. The normalized spacial score (nSPS) is 20.6. The van der Waals surface area contributed by atoms with E-state index in [2.05, 4.69) is 43.3 Å². The molecule has 1 aromatic carbocycles. The van der Waals surface area contributed by atoms with E-state index in [1.807, 2.05) is 0 Å². The van der Waals surface area contributed by atoms with Crippen molar-refractivity contribution >= 4 is 0 Å². The van der Waals surface area contributed by atoms with E-state index in [4.69, 9.17) is 4.74 Å². The monoisotopic (exact) mass is 216 g/mol. The second-order valence-corrected chi connectivity index (χ2v) is 4.55. The van der Waals surface area contributed by atoms with Crippen LogP contribution in [0.25, 0.3) is 0 Å². The molecule has 1 aliphatic rings. The topological polar surface area (TPSA) is 9.23 Å². The zero-order valence-electron chi connectivity index (χ0n) is 9.99. The molecule has 16 heavy (non-hydrogen) atoms. The first-order chi connectivity index (χ1) is 7.84. The highest BCUT2D eigenvalue weighted by Crippen LogP contribution is 2.17. The van der Waals surface area contributed by atoms with Gasteiger partial charge in [0.25, 0.3) is 0 Å². The summed E-state index contributed by atoms with van der Waals surface area (Å²) in [7, 11) is 0. The van der Waals surface area contributed by atoms with Gasteiger partial charge in [0.05, 0.1) is 12.7 Å². The van der Waals surface area contributed by atoms with Gasteiger partial charge in [-0.2, -0.15) is 0 Å². The molecule has 0 saturated carbocycles. The highest BCUT2D eigenvalue weighted by Gasteiger charge is 2.10. The molecular weight excluding hydrogens is 196 g/mol. The van der Waals surface area contributed by atoms with Crippen molar-refractivity contribution in [2.24, 2.45) is 0 Å². The van der Waals surface area contributed by atoms with E-state index in [-0.39, 0.29) is 0 Å². The molecular formula is C15H20O. The summed E-state index contributed by atoms with van der Waals surface area (Å²) in [4.78, 5) is 0. The van der Waals surface area contributed by atoms with Crippen molar-refractivity contribution < 1.29 is 4.74 Å². The fraction of sp³-hybridized carbons (Fsp3) is 0.467. The van der Waals surface area contributed by atoms with Gasteiger partial charge in [0, 0.05) is 0 Å². The quantitative estimate of drug-likeness (QED) is 0.697. The third kappa shape index (κ3) is 3.49. The Hall–Kier alpha value is -1.08. The summed E-state index contributed by atoms with van der Waals surface area (Å²) in [6, 6.07) is 10.7. The maximum absolute atomic E-state index is 5.71. The van der Waals surface area contributed by atoms with Gasteiger partial charge in [0.2, 0.25) is 0 Å². The second-order valence-electron chi connectivity index (χ2n) is 4.55. The van der Waals surface area contributed by atoms with Gasteiger partial charge < -0.3 is 4.74 Å². The molecule has 1 aromatic rings. The van der Waals surface area contributed by atoms with Crippen LogP contribution in [0.3, 0.4) is 0 Å². The lowest BCUT2D eigenvalue weighted by atomic mass is 10.0. The Labute approximate surface area is 98.1 Å². The maximum Gasteiger partial charge on any atom is 0.0758 e. The summed E-state index contributed by atoms with van der Waals surface area (Å²) in [5, 5.41) is 0. The van der Waals surface area contributed by atoms with E-state index in [0.29, 0.717) is 6.10 Å². The average Bonchev–Trinajstić information content (AvgIpc) is 2.30. The van der Waals surface area contributed by atoms with Crippen LogP contribution < -0.4 is 0 Å². The molecule has 2 rings (SSSR count). The van der Waals surface area contributed by atoms with Crippen molar-refractivity contribution in [2.75, 3.05) is 6.61 Å². The first kappa shape index (κ1) is 11.4. The van der Waals surface area contributed by atoms with E-state index >= 15 is 0 Å². The van der Waals surface area contributed by atoms with Gasteiger partial charge in [0.1, 0.15) is 0 Å². The molecule has 0 N–H and O–H groups in total. The molecule has 0 saturated heterocycles. The van der Waals surface area contributed by atoms with Crippen LogP contribution >= 0.6 is 0 Å². The molecule has 1 heteroatoms. The minimum Gasteiger partial charge on any atom is -0.374 e. The first-order valence-electron chi connectivity index (χ1n) is 6.17. The van der Waals surface area contributed by atoms with Crippen molar-refractivity contribution in [1.82, 2.24) is 0 Å². The van der Waals surface area contributed by atoms with Crippen LogP contribution in [0, 0.1) is 0 Å². The minimum atomic E-state index is 0.359. The van der Waals surface area contributed by atoms with Gasteiger partial charge in [-0.3, -0.25) is 0 Å². The van der Waals surface area contributed by atoms with Crippen molar-refractivity contribution in [1.29, 1.82) is 0 Å². The van der Waals surface area contributed by atoms with Crippen LogP contribution in [0.4, 0.5) is 0 Å². The van der Waals surface area contributed by atoms with Gasteiger partial charge >= 0.3 is 0 Å². The lowest BCUT2D eigenvalue weighted by Gasteiger charge is -2.20. The average molecular weight is 216 g/mol. The Morgan fingerprint density at radius 3 is 2.81 bits per heavy atom. The molecule has 1 heterocycles. The highest BCUT2D eigenvalue weighted by atomic mass is 16.5. The smallest absolute Gasteiger partial charge is 0.0758 e. The van der Waals surface area contributed by atoms with E-state index in [9.17, 15) is 0 Å². The van der Waals surface area contributed by atoms with Crippen LogP contribution in [0.5, 0.6) is 0 Å². The minimum absolute atomic E-state index is 0.359. The van der Waals surface area contributed by atoms with E-state index < -0.39 is 0 Å². The van der Waals surface area contributed by atoms with Gasteiger partial charge in [-0.05, 0) is 38.2 Å². The molecule has 1 nitrogen and oxygen atoms in total.